The van der Waals surface area contributed by atoms with Crippen LogP contribution < -0.4 is 0 Å². The molecule has 2 aliphatic heterocycles. The lowest BCUT2D eigenvalue weighted by atomic mass is 10.2. The third-order valence-electron chi connectivity index (χ3n) is 3.71. The molecule has 0 aromatic rings. The fraction of sp³-hybridized carbons (Fsp3) is 1.00. The molecule has 2 fully saturated rings. The maximum Gasteiger partial charge on any atom is 0.600 e. The van der Waals surface area contributed by atoms with Gasteiger partial charge in [0.25, 0.3) is 0 Å². The fourth-order valence-corrected chi connectivity index (χ4v) is 5.45. The summed E-state index contributed by atoms with van der Waals surface area (Å²) in [5.74, 6) is 0. The van der Waals surface area contributed by atoms with Crippen molar-refractivity contribution < 1.29 is 18.0 Å². The molecule has 2 saturated heterocycles. The molecular weight excluding hydrogens is 276 g/mol. The Morgan fingerprint density at radius 1 is 1.20 bits per heavy atom. The third kappa shape index (κ3) is 3.79. The maximum absolute atomic E-state index is 6.34. The van der Waals surface area contributed by atoms with Crippen LogP contribution in [0.15, 0.2) is 0 Å². The van der Waals surface area contributed by atoms with Gasteiger partial charge in [0.05, 0.1) is 24.9 Å². The molecule has 2 unspecified atom stereocenters. The molecule has 0 saturated carbocycles. The highest BCUT2D eigenvalue weighted by Gasteiger charge is 2.54. The molecule has 2 rings (SSSR count). The quantitative estimate of drug-likeness (QED) is 0.694. The van der Waals surface area contributed by atoms with Gasteiger partial charge >= 0.3 is 8.97 Å². The highest BCUT2D eigenvalue weighted by atomic mass is 28.4. The van der Waals surface area contributed by atoms with Gasteiger partial charge in [0.1, 0.15) is 0 Å². The molecule has 2 aliphatic rings. The predicted octanol–water partition coefficient (Wildman–Crippen LogP) is 0.546. The van der Waals surface area contributed by atoms with E-state index in [0.717, 1.165) is 26.2 Å². The predicted molar refractivity (Wildman–Crippen MR) is 78.4 cm³/mol. The van der Waals surface area contributed by atoms with Crippen LogP contribution in [0.5, 0.6) is 0 Å². The van der Waals surface area contributed by atoms with Gasteiger partial charge in [-0.25, -0.2) is 0 Å². The zero-order valence-corrected chi connectivity index (χ0v) is 14.3. The van der Waals surface area contributed by atoms with E-state index in [1.165, 1.54) is 0 Å². The molecule has 20 heavy (non-hydrogen) atoms. The van der Waals surface area contributed by atoms with Crippen LogP contribution in [-0.2, 0) is 18.0 Å². The Bertz CT molecular complexity index is 323. The summed E-state index contributed by atoms with van der Waals surface area (Å²) in [4.78, 5) is 2.31. The first kappa shape index (κ1) is 16.3. The van der Waals surface area contributed by atoms with E-state index in [-0.39, 0.29) is 6.10 Å². The van der Waals surface area contributed by atoms with Crippen molar-refractivity contribution in [3.05, 3.63) is 0 Å². The van der Waals surface area contributed by atoms with Crippen LogP contribution in [0, 0.1) is 0 Å². The van der Waals surface area contributed by atoms with Crippen LogP contribution >= 0.6 is 0 Å². The van der Waals surface area contributed by atoms with E-state index in [4.69, 9.17) is 18.0 Å². The number of hydrogen-bond donors (Lipinski definition) is 0. The Morgan fingerprint density at radius 2 is 1.85 bits per heavy atom. The van der Waals surface area contributed by atoms with Crippen molar-refractivity contribution in [3.63, 3.8) is 0 Å². The zero-order valence-electron chi connectivity index (χ0n) is 13.3. The molecule has 0 N–H and O–H groups in total. The van der Waals surface area contributed by atoms with Crippen molar-refractivity contribution in [1.82, 2.24) is 9.47 Å². The van der Waals surface area contributed by atoms with E-state index in [1.807, 2.05) is 20.8 Å². The molecule has 118 valence electrons. The Kier molecular flexibility index (Phi) is 5.22. The molecule has 0 radical (unpaired) electrons. The molecule has 0 aliphatic carbocycles. The highest BCUT2D eigenvalue weighted by Crippen LogP contribution is 2.27. The Morgan fingerprint density at radius 3 is 2.45 bits per heavy atom. The average Bonchev–Trinajstić information content (AvgIpc) is 2.36. The molecule has 0 aromatic carbocycles. The first-order valence-corrected chi connectivity index (χ1v) is 8.98. The van der Waals surface area contributed by atoms with E-state index < -0.39 is 14.6 Å². The molecule has 0 spiro atoms. The van der Waals surface area contributed by atoms with Crippen molar-refractivity contribution in [1.29, 1.82) is 0 Å². The molecule has 0 amide bonds. The minimum Gasteiger partial charge on any atom is -0.376 e. The maximum atomic E-state index is 6.34. The monoisotopic (exact) mass is 304 g/mol. The first-order valence-electron chi connectivity index (χ1n) is 7.31. The van der Waals surface area contributed by atoms with Gasteiger partial charge < -0.3 is 22.9 Å². The van der Waals surface area contributed by atoms with Crippen LogP contribution in [0.3, 0.4) is 0 Å². The van der Waals surface area contributed by atoms with E-state index in [9.17, 15) is 0 Å². The van der Waals surface area contributed by atoms with Gasteiger partial charge in [-0.05, 0) is 27.8 Å². The van der Waals surface area contributed by atoms with Crippen LogP contribution in [-0.4, -0.2) is 83.7 Å². The van der Waals surface area contributed by atoms with Crippen LogP contribution in [0.2, 0.25) is 0 Å². The van der Waals surface area contributed by atoms with Crippen molar-refractivity contribution in [2.24, 2.45) is 0 Å². The molecule has 7 heteroatoms. The summed E-state index contributed by atoms with van der Waals surface area (Å²) in [7, 11) is 1.00. The number of likely N-dealkylation sites (N-methyl/N-ethyl adjacent to an activating group) is 1. The summed E-state index contributed by atoms with van der Waals surface area (Å²) in [6.45, 7) is 11.1. The van der Waals surface area contributed by atoms with Crippen molar-refractivity contribution in [2.75, 3.05) is 53.6 Å². The summed E-state index contributed by atoms with van der Waals surface area (Å²) in [5.41, 5.74) is -0.397. The summed E-state index contributed by atoms with van der Waals surface area (Å²) >= 11 is 0. The van der Waals surface area contributed by atoms with Gasteiger partial charge in [-0.2, -0.15) is 0 Å². The lowest BCUT2D eigenvalue weighted by Gasteiger charge is -2.46. The molecule has 0 aromatic heterocycles. The van der Waals surface area contributed by atoms with Gasteiger partial charge in [-0.1, -0.05) is 0 Å². The number of piperazine rings is 1. The van der Waals surface area contributed by atoms with Gasteiger partial charge in [0.2, 0.25) is 0 Å². The SMILES string of the molecule is CO[Si]1(N2CCN(C)CC2)OC(C)COCC(C)(C)O1. The Hall–Kier alpha value is -0.0231. The van der Waals surface area contributed by atoms with Gasteiger partial charge in [0, 0.05) is 33.3 Å². The van der Waals surface area contributed by atoms with E-state index in [1.54, 1.807) is 7.11 Å². The topological polar surface area (TPSA) is 43.4 Å². The third-order valence-corrected chi connectivity index (χ3v) is 6.95. The lowest BCUT2D eigenvalue weighted by Crippen LogP contribution is -2.69. The van der Waals surface area contributed by atoms with Crippen molar-refractivity contribution in [2.45, 2.75) is 32.5 Å². The van der Waals surface area contributed by atoms with Crippen LogP contribution in [0.4, 0.5) is 0 Å². The van der Waals surface area contributed by atoms with Crippen molar-refractivity contribution >= 4 is 8.97 Å². The largest absolute Gasteiger partial charge is 0.600 e. The molecule has 0 bridgehead atoms. The smallest absolute Gasteiger partial charge is 0.376 e. The summed E-state index contributed by atoms with van der Waals surface area (Å²) < 4.78 is 26.3. The number of rotatable bonds is 2. The average molecular weight is 304 g/mol. The van der Waals surface area contributed by atoms with Crippen LogP contribution in [0.1, 0.15) is 20.8 Å². The second kappa shape index (κ2) is 6.39. The molecule has 2 heterocycles. The summed E-state index contributed by atoms with van der Waals surface area (Å²) in [6, 6.07) is 0. The van der Waals surface area contributed by atoms with Crippen LogP contribution in [0.25, 0.3) is 0 Å². The molecular formula is C13H28N2O4Si. The normalized spacial score (nSPS) is 37.4. The number of nitrogens with zero attached hydrogens (tertiary/aromatic N) is 2. The van der Waals surface area contributed by atoms with E-state index >= 15 is 0 Å². The minimum atomic E-state index is -2.84. The highest BCUT2D eigenvalue weighted by molar-refractivity contribution is 6.57. The minimum absolute atomic E-state index is 0.0163. The van der Waals surface area contributed by atoms with Gasteiger partial charge in [-0.3, -0.25) is 4.57 Å². The molecule has 2 atom stereocenters. The van der Waals surface area contributed by atoms with Gasteiger partial charge in [0.15, 0.2) is 0 Å². The standard InChI is InChI=1S/C13H28N2O4Si/c1-12-10-17-11-13(2,3)19-20(16-5,18-12)15-8-6-14(4)7-9-15/h12H,6-11H2,1-5H3. The number of ether oxygens (including phenoxy) is 1. The second-order valence-corrected chi connectivity index (χ2v) is 8.85. The number of hydrogen-bond acceptors (Lipinski definition) is 6. The van der Waals surface area contributed by atoms with E-state index in [0.29, 0.717) is 13.2 Å². The Labute approximate surface area is 123 Å². The van der Waals surface area contributed by atoms with Gasteiger partial charge in [-0.15, -0.1) is 0 Å². The van der Waals surface area contributed by atoms with E-state index in [2.05, 4.69) is 16.5 Å². The fourth-order valence-electron chi connectivity index (χ4n) is 2.60. The second-order valence-electron chi connectivity index (χ2n) is 6.32. The van der Waals surface area contributed by atoms with Crippen molar-refractivity contribution in [3.8, 4) is 0 Å². The molecule has 6 nitrogen and oxygen atoms in total. The first-order chi connectivity index (χ1) is 9.37. The lowest BCUT2D eigenvalue weighted by molar-refractivity contribution is -0.128. The zero-order chi connectivity index (χ0) is 14.8. The summed E-state index contributed by atoms with van der Waals surface area (Å²) in [5, 5.41) is 0. The Balaban J connectivity index is 2.18. The summed E-state index contributed by atoms with van der Waals surface area (Å²) in [6.07, 6.45) is -0.0163.